The van der Waals surface area contributed by atoms with Crippen LogP contribution in [0.5, 0.6) is 0 Å². The lowest BCUT2D eigenvalue weighted by molar-refractivity contribution is 0.579. The van der Waals surface area contributed by atoms with Crippen molar-refractivity contribution in [1.82, 2.24) is 15.1 Å². The Balaban J connectivity index is 1.96. The summed E-state index contributed by atoms with van der Waals surface area (Å²) in [6.07, 6.45) is 3.11. The molecule has 1 aliphatic rings. The summed E-state index contributed by atoms with van der Waals surface area (Å²) in [7, 11) is 2.02. The Morgan fingerprint density at radius 1 is 1.53 bits per heavy atom. The van der Waals surface area contributed by atoms with Crippen LogP contribution in [0.4, 0.5) is 0 Å². The number of fused-ring (bicyclic) bond motifs is 1. The van der Waals surface area contributed by atoms with E-state index in [1.54, 1.807) is 10.4 Å². The van der Waals surface area contributed by atoms with Gasteiger partial charge in [0.25, 0.3) is 0 Å². The number of thiophene rings is 1. The van der Waals surface area contributed by atoms with Crippen molar-refractivity contribution in [3.05, 3.63) is 39.3 Å². The molecule has 0 bridgehead atoms. The van der Waals surface area contributed by atoms with Gasteiger partial charge in [-0.1, -0.05) is 6.92 Å². The van der Waals surface area contributed by atoms with E-state index in [1.807, 2.05) is 41.0 Å². The molecule has 102 valence electrons. The summed E-state index contributed by atoms with van der Waals surface area (Å²) in [4.78, 5) is 3.01. The number of hydrogen-bond acceptors (Lipinski definition) is 4. The molecule has 0 fully saturated rings. The predicted molar refractivity (Wildman–Crippen MR) is 82.9 cm³/mol. The van der Waals surface area contributed by atoms with Crippen molar-refractivity contribution in [2.45, 2.75) is 25.1 Å². The Morgan fingerprint density at radius 2 is 2.42 bits per heavy atom. The predicted octanol–water partition coefficient (Wildman–Crippen LogP) is 2.97. The van der Waals surface area contributed by atoms with E-state index >= 15 is 0 Å². The van der Waals surface area contributed by atoms with E-state index in [0.29, 0.717) is 0 Å². The van der Waals surface area contributed by atoms with Crippen molar-refractivity contribution in [2.24, 2.45) is 7.05 Å². The van der Waals surface area contributed by atoms with Gasteiger partial charge in [-0.3, -0.25) is 4.68 Å². The third kappa shape index (κ3) is 2.59. The normalized spacial score (nSPS) is 16.3. The highest BCUT2D eigenvalue weighted by Gasteiger charge is 2.22. The minimum atomic E-state index is 0.276. The molecule has 0 saturated heterocycles. The van der Waals surface area contributed by atoms with Crippen molar-refractivity contribution in [3.8, 4) is 0 Å². The first-order chi connectivity index (χ1) is 9.29. The van der Waals surface area contributed by atoms with Crippen LogP contribution in [0.1, 0.15) is 34.0 Å². The molecular formula is C14H19N3S2. The first kappa shape index (κ1) is 13.2. The highest BCUT2D eigenvalue weighted by Crippen LogP contribution is 2.36. The first-order valence-electron chi connectivity index (χ1n) is 6.70. The van der Waals surface area contributed by atoms with E-state index < -0.39 is 0 Å². The number of rotatable bonds is 4. The maximum atomic E-state index is 4.30. The topological polar surface area (TPSA) is 29.9 Å². The van der Waals surface area contributed by atoms with E-state index in [1.165, 1.54) is 28.5 Å². The maximum absolute atomic E-state index is 4.30. The van der Waals surface area contributed by atoms with Gasteiger partial charge in [0.1, 0.15) is 0 Å². The summed E-state index contributed by atoms with van der Waals surface area (Å²) < 4.78 is 1.97. The molecule has 3 rings (SSSR count). The minimum Gasteiger partial charge on any atom is -0.305 e. The van der Waals surface area contributed by atoms with Gasteiger partial charge in [-0.25, -0.2) is 0 Å². The molecule has 0 amide bonds. The van der Waals surface area contributed by atoms with Crippen molar-refractivity contribution in [2.75, 3.05) is 12.3 Å². The number of thioether (sulfide) groups is 1. The molecule has 1 atom stereocenters. The van der Waals surface area contributed by atoms with Crippen LogP contribution < -0.4 is 5.32 Å². The van der Waals surface area contributed by atoms with Gasteiger partial charge in [-0.05, 0) is 36.4 Å². The minimum absolute atomic E-state index is 0.276. The van der Waals surface area contributed by atoms with E-state index in [9.17, 15) is 0 Å². The molecule has 1 aliphatic heterocycles. The first-order valence-corrected chi connectivity index (χ1v) is 8.67. The second-order valence-electron chi connectivity index (χ2n) is 4.77. The fraction of sp³-hybridized carbons (Fsp3) is 0.500. The average Bonchev–Trinajstić information content (AvgIpc) is 3.02. The maximum Gasteiger partial charge on any atom is 0.0841 e. The summed E-state index contributed by atoms with van der Waals surface area (Å²) in [5.41, 5.74) is 2.79. The molecular weight excluding hydrogens is 274 g/mol. The van der Waals surface area contributed by atoms with E-state index in [4.69, 9.17) is 0 Å². The van der Waals surface area contributed by atoms with E-state index in [0.717, 1.165) is 6.54 Å². The quantitative estimate of drug-likeness (QED) is 0.940. The summed E-state index contributed by atoms with van der Waals surface area (Å²) in [6, 6.07) is 4.78. The molecule has 2 aromatic rings. The lowest BCUT2D eigenvalue weighted by Crippen LogP contribution is -2.23. The average molecular weight is 293 g/mol. The molecule has 0 saturated carbocycles. The largest absolute Gasteiger partial charge is 0.305 e. The zero-order valence-electron chi connectivity index (χ0n) is 11.3. The lowest BCUT2D eigenvalue weighted by Gasteiger charge is -2.16. The SMILES string of the molecule is CCNC(c1cc2c(s1)CCSC2)c1ccnn1C. The van der Waals surface area contributed by atoms with Crippen LogP contribution in [-0.4, -0.2) is 22.1 Å². The molecule has 5 heteroatoms. The fourth-order valence-corrected chi connectivity index (χ4v) is 5.00. The third-order valence-electron chi connectivity index (χ3n) is 3.49. The Labute approximate surface area is 122 Å². The van der Waals surface area contributed by atoms with Crippen molar-refractivity contribution >= 4 is 23.1 Å². The van der Waals surface area contributed by atoms with Crippen molar-refractivity contribution < 1.29 is 0 Å². The van der Waals surface area contributed by atoms with E-state index in [2.05, 4.69) is 29.5 Å². The Kier molecular flexibility index (Phi) is 3.96. The molecule has 0 aliphatic carbocycles. The van der Waals surface area contributed by atoms with E-state index in [-0.39, 0.29) is 6.04 Å². The molecule has 19 heavy (non-hydrogen) atoms. The van der Waals surface area contributed by atoms with Gasteiger partial charge < -0.3 is 5.32 Å². The third-order valence-corrected chi connectivity index (χ3v) is 5.80. The fourth-order valence-electron chi connectivity index (χ4n) is 2.53. The lowest BCUT2D eigenvalue weighted by atomic mass is 10.1. The molecule has 3 heterocycles. The smallest absolute Gasteiger partial charge is 0.0841 e. The molecule has 3 nitrogen and oxygen atoms in total. The Hall–Kier alpha value is -0.780. The van der Waals surface area contributed by atoms with Crippen LogP contribution in [0.3, 0.4) is 0 Å². The number of hydrogen-bond donors (Lipinski definition) is 1. The number of aromatic nitrogens is 2. The van der Waals surface area contributed by atoms with Crippen LogP contribution in [0.2, 0.25) is 0 Å². The monoisotopic (exact) mass is 293 g/mol. The van der Waals surface area contributed by atoms with Gasteiger partial charge in [0.2, 0.25) is 0 Å². The van der Waals surface area contributed by atoms with Gasteiger partial charge in [0, 0.05) is 28.8 Å². The summed E-state index contributed by atoms with van der Waals surface area (Å²) >= 11 is 4.02. The van der Waals surface area contributed by atoms with Gasteiger partial charge in [0.05, 0.1) is 11.7 Å². The number of aryl methyl sites for hydroxylation is 2. The highest BCUT2D eigenvalue weighted by atomic mass is 32.2. The molecule has 1 unspecified atom stereocenters. The summed E-state index contributed by atoms with van der Waals surface area (Å²) in [5, 5.41) is 7.90. The molecule has 0 spiro atoms. The van der Waals surface area contributed by atoms with Crippen LogP contribution in [-0.2, 0) is 19.2 Å². The van der Waals surface area contributed by atoms with Crippen LogP contribution in [0, 0.1) is 0 Å². The van der Waals surface area contributed by atoms with Gasteiger partial charge in [-0.15, -0.1) is 11.3 Å². The molecule has 1 N–H and O–H groups in total. The number of nitrogens with zero attached hydrogens (tertiary/aromatic N) is 2. The van der Waals surface area contributed by atoms with Crippen LogP contribution >= 0.6 is 23.1 Å². The Bertz CT molecular complexity index is 535. The highest BCUT2D eigenvalue weighted by molar-refractivity contribution is 7.98. The summed E-state index contributed by atoms with van der Waals surface area (Å²) in [6.45, 7) is 3.12. The molecule has 0 radical (unpaired) electrons. The second-order valence-corrected chi connectivity index (χ2v) is 7.04. The summed E-state index contributed by atoms with van der Waals surface area (Å²) in [5.74, 6) is 2.45. The molecule has 2 aromatic heterocycles. The standard InChI is InChI=1S/C14H19N3S2/c1-3-15-14(11-4-6-16-17(11)2)13-8-10-9-18-7-5-12(10)19-13/h4,6,8,14-15H,3,5,7,9H2,1-2H3. The second kappa shape index (κ2) is 5.69. The zero-order valence-corrected chi connectivity index (χ0v) is 13.0. The van der Waals surface area contributed by atoms with Gasteiger partial charge in [0.15, 0.2) is 0 Å². The van der Waals surface area contributed by atoms with Crippen molar-refractivity contribution in [3.63, 3.8) is 0 Å². The number of nitrogens with one attached hydrogen (secondary N) is 1. The van der Waals surface area contributed by atoms with Crippen molar-refractivity contribution in [1.29, 1.82) is 0 Å². The Morgan fingerprint density at radius 3 is 3.11 bits per heavy atom. The van der Waals surface area contributed by atoms with Gasteiger partial charge in [-0.2, -0.15) is 16.9 Å². The molecule has 0 aromatic carbocycles. The zero-order chi connectivity index (χ0) is 13.2. The van der Waals surface area contributed by atoms with Gasteiger partial charge >= 0.3 is 0 Å². The van der Waals surface area contributed by atoms with Crippen LogP contribution in [0.15, 0.2) is 18.3 Å². The van der Waals surface area contributed by atoms with Crippen LogP contribution in [0.25, 0.3) is 0 Å².